The normalized spacial score (nSPS) is 17.3. The molecular formula is C29H30ClN5S. The van der Waals surface area contributed by atoms with Crippen molar-refractivity contribution in [1.82, 2.24) is 19.8 Å². The number of aromatic nitrogens is 2. The first-order valence-corrected chi connectivity index (χ1v) is 13.0. The van der Waals surface area contributed by atoms with Crippen LogP contribution in [-0.2, 0) is 0 Å². The van der Waals surface area contributed by atoms with Gasteiger partial charge >= 0.3 is 0 Å². The molecule has 1 aliphatic rings. The zero-order valence-electron chi connectivity index (χ0n) is 20.5. The summed E-state index contributed by atoms with van der Waals surface area (Å²) in [6.45, 7) is 6.04. The van der Waals surface area contributed by atoms with Gasteiger partial charge in [-0.2, -0.15) is 0 Å². The number of nitrogens with one attached hydrogen (secondary N) is 2. The Morgan fingerprint density at radius 2 is 1.75 bits per heavy atom. The fourth-order valence-electron chi connectivity index (χ4n) is 5.10. The van der Waals surface area contributed by atoms with Crippen molar-refractivity contribution in [3.63, 3.8) is 0 Å². The summed E-state index contributed by atoms with van der Waals surface area (Å²) in [7, 11) is 0. The Labute approximate surface area is 223 Å². The van der Waals surface area contributed by atoms with Gasteiger partial charge in [-0.05, 0) is 92.6 Å². The van der Waals surface area contributed by atoms with Gasteiger partial charge in [-0.3, -0.25) is 4.98 Å². The highest BCUT2D eigenvalue weighted by atomic mass is 35.5. The van der Waals surface area contributed by atoms with Crippen LogP contribution in [0.1, 0.15) is 41.1 Å². The van der Waals surface area contributed by atoms with E-state index in [9.17, 15) is 0 Å². The predicted molar refractivity (Wildman–Crippen MR) is 152 cm³/mol. The molecule has 2 atom stereocenters. The zero-order valence-corrected chi connectivity index (χ0v) is 22.1. The van der Waals surface area contributed by atoms with Crippen LogP contribution in [0.25, 0.3) is 5.69 Å². The average molecular weight is 516 g/mol. The van der Waals surface area contributed by atoms with Gasteiger partial charge in [0.2, 0.25) is 0 Å². The van der Waals surface area contributed by atoms with Crippen LogP contribution in [-0.4, -0.2) is 32.7 Å². The molecular weight excluding hydrogens is 486 g/mol. The molecule has 2 N–H and O–H groups in total. The average Bonchev–Trinajstić information content (AvgIpc) is 3.38. The lowest BCUT2D eigenvalue weighted by atomic mass is 9.96. The molecule has 5 rings (SSSR count). The largest absolute Gasteiger partial charge is 0.385 e. The van der Waals surface area contributed by atoms with Gasteiger partial charge in [0.1, 0.15) is 0 Å². The second-order valence-electron chi connectivity index (χ2n) is 9.10. The zero-order chi connectivity index (χ0) is 25.1. The lowest BCUT2D eigenvalue weighted by Crippen LogP contribution is -2.31. The second kappa shape index (κ2) is 10.7. The number of aryl methyl sites for hydroxylation is 1. The number of benzene rings is 2. The summed E-state index contributed by atoms with van der Waals surface area (Å²) >= 11 is 12.0. The third kappa shape index (κ3) is 4.97. The Bertz CT molecular complexity index is 1320. The first-order valence-electron chi connectivity index (χ1n) is 12.2. The molecule has 4 aromatic rings. The summed E-state index contributed by atoms with van der Waals surface area (Å²) in [5.74, 6) is 0. The number of hydrogen-bond acceptors (Lipinski definition) is 3. The number of pyridine rings is 1. The van der Waals surface area contributed by atoms with Crippen molar-refractivity contribution < 1.29 is 0 Å². The van der Waals surface area contributed by atoms with Crippen LogP contribution in [0, 0.1) is 13.8 Å². The van der Waals surface area contributed by atoms with Gasteiger partial charge in [-0.25, -0.2) is 0 Å². The van der Waals surface area contributed by atoms with E-state index >= 15 is 0 Å². The number of thiocarbonyl (C=S) groups is 1. The number of rotatable bonds is 8. The topological polar surface area (TPSA) is 45.1 Å². The van der Waals surface area contributed by atoms with Crippen molar-refractivity contribution in [2.45, 2.75) is 32.4 Å². The molecule has 0 saturated carbocycles. The van der Waals surface area contributed by atoms with Gasteiger partial charge in [-0.15, -0.1) is 0 Å². The van der Waals surface area contributed by atoms with Crippen LogP contribution in [0.3, 0.4) is 0 Å². The monoisotopic (exact) mass is 515 g/mol. The van der Waals surface area contributed by atoms with Crippen LogP contribution >= 0.6 is 23.8 Å². The quantitative estimate of drug-likeness (QED) is 0.204. The van der Waals surface area contributed by atoms with E-state index in [4.69, 9.17) is 23.8 Å². The van der Waals surface area contributed by atoms with E-state index in [1.54, 1.807) is 0 Å². The third-order valence-electron chi connectivity index (χ3n) is 6.75. The molecule has 2 aromatic heterocycles. The van der Waals surface area contributed by atoms with E-state index < -0.39 is 0 Å². The van der Waals surface area contributed by atoms with Crippen molar-refractivity contribution in [2.75, 3.05) is 18.4 Å². The van der Waals surface area contributed by atoms with E-state index in [0.717, 1.165) is 46.7 Å². The summed E-state index contributed by atoms with van der Waals surface area (Å²) in [5, 5.41) is 8.60. The van der Waals surface area contributed by atoms with Crippen LogP contribution in [0.4, 0.5) is 5.69 Å². The van der Waals surface area contributed by atoms with Crippen LogP contribution < -0.4 is 10.6 Å². The molecule has 5 nitrogen and oxygen atoms in total. The van der Waals surface area contributed by atoms with Gasteiger partial charge in [0, 0.05) is 47.1 Å². The molecule has 0 amide bonds. The predicted octanol–water partition coefficient (Wildman–Crippen LogP) is 6.62. The second-order valence-corrected chi connectivity index (χ2v) is 9.93. The SMILES string of the molecule is Cc1cc(C2C(c3ccccn3)NC(=S)N2CCCNc2ccccc2)c(C)n1-c1ccc(Cl)cc1. The number of anilines is 1. The first-order chi connectivity index (χ1) is 17.5. The van der Waals surface area contributed by atoms with Crippen LogP contribution in [0.2, 0.25) is 5.02 Å². The molecule has 0 spiro atoms. The molecule has 1 fully saturated rings. The minimum atomic E-state index is -0.0278. The van der Waals surface area contributed by atoms with E-state index in [0.29, 0.717) is 0 Å². The van der Waals surface area contributed by atoms with Crippen molar-refractivity contribution in [1.29, 1.82) is 0 Å². The summed E-state index contributed by atoms with van der Waals surface area (Å²) < 4.78 is 2.29. The molecule has 0 aliphatic carbocycles. The van der Waals surface area contributed by atoms with Gasteiger partial charge in [0.15, 0.2) is 5.11 Å². The molecule has 1 saturated heterocycles. The van der Waals surface area contributed by atoms with Crippen LogP contribution in [0.15, 0.2) is 85.1 Å². The highest BCUT2D eigenvalue weighted by molar-refractivity contribution is 7.80. The summed E-state index contributed by atoms with van der Waals surface area (Å²) in [6, 6.07) is 26.7. The Morgan fingerprint density at radius 1 is 1.00 bits per heavy atom. The van der Waals surface area contributed by atoms with Crippen molar-refractivity contribution in [2.24, 2.45) is 0 Å². The molecule has 3 heterocycles. The highest BCUT2D eigenvalue weighted by Crippen LogP contribution is 2.41. The number of para-hydroxylation sites is 1. The maximum absolute atomic E-state index is 6.16. The van der Waals surface area contributed by atoms with E-state index in [2.05, 4.69) is 75.3 Å². The maximum atomic E-state index is 6.16. The summed E-state index contributed by atoms with van der Waals surface area (Å²) in [5.41, 5.74) is 6.84. The fraction of sp³-hybridized carbons (Fsp3) is 0.241. The Hall–Kier alpha value is -3.35. The van der Waals surface area contributed by atoms with E-state index in [-0.39, 0.29) is 12.1 Å². The standard InChI is InChI=1S/C29H30ClN5S/c1-20-19-25(21(2)35(20)24-14-12-22(30)13-15-24)28-27(26-11-6-7-16-32-26)33-29(36)34(28)18-8-17-31-23-9-4-3-5-10-23/h3-7,9-16,19,27-28,31H,8,17-18H2,1-2H3,(H,33,36). The number of halogens is 1. The fourth-order valence-corrected chi connectivity index (χ4v) is 5.56. The minimum Gasteiger partial charge on any atom is -0.385 e. The van der Waals surface area contributed by atoms with Gasteiger partial charge < -0.3 is 20.1 Å². The van der Waals surface area contributed by atoms with Crippen molar-refractivity contribution in [3.8, 4) is 5.69 Å². The smallest absolute Gasteiger partial charge is 0.170 e. The van der Waals surface area contributed by atoms with Gasteiger partial charge in [0.25, 0.3) is 0 Å². The third-order valence-corrected chi connectivity index (χ3v) is 7.35. The summed E-state index contributed by atoms with van der Waals surface area (Å²) in [4.78, 5) is 7.01. The number of nitrogens with zero attached hydrogens (tertiary/aromatic N) is 3. The lowest BCUT2D eigenvalue weighted by Gasteiger charge is -2.28. The Kier molecular flexibility index (Phi) is 7.25. The van der Waals surface area contributed by atoms with E-state index in [1.165, 1.54) is 17.0 Å². The Balaban J connectivity index is 1.45. The van der Waals surface area contributed by atoms with Gasteiger partial charge in [0.05, 0.1) is 17.8 Å². The molecule has 0 radical (unpaired) electrons. The lowest BCUT2D eigenvalue weighted by molar-refractivity contribution is 0.315. The summed E-state index contributed by atoms with van der Waals surface area (Å²) in [6.07, 6.45) is 2.80. The molecule has 184 valence electrons. The highest BCUT2D eigenvalue weighted by Gasteiger charge is 2.41. The van der Waals surface area contributed by atoms with Crippen LogP contribution in [0.5, 0.6) is 0 Å². The van der Waals surface area contributed by atoms with Crippen molar-refractivity contribution in [3.05, 3.63) is 113 Å². The molecule has 2 unspecified atom stereocenters. The van der Waals surface area contributed by atoms with Crippen molar-refractivity contribution >= 4 is 34.6 Å². The minimum absolute atomic E-state index is 0.0278. The Morgan fingerprint density at radius 3 is 2.47 bits per heavy atom. The molecule has 1 aliphatic heterocycles. The number of hydrogen-bond donors (Lipinski definition) is 2. The molecule has 2 aromatic carbocycles. The van der Waals surface area contributed by atoms with Gasteiger partial charge in [-0.1, -0.05) is 35.9 Å². The molecule has 36 heavy (non-hydrogen) atoms. The molecule has 7 heteroatoms. The first kappa shape index (κ1) is 24.3. The molecule has 0 bridgehead atoms. The van der Waals surface area contributed by atoms with E-state index in [1.807, 2.05) is 48.7 Å². The maximum Gasteiger partial charge on any atom is 0.170 e.